The molecule has 0 unspecified atom stereocenters. The number of nitrogens with one attached hydrogen (secondary N) is 2. The Balaban J connectivity index is 1.77. The molecule has 4 aromatic rings. The second kappa shape index (κ2) is 11.4. The van der Waals surface area contributed by atoms with E-state index >= 15 is 0 Å². The lowest BCUT2D eigenvalue weighted by Crippen LogP contribution is -2.37. The summed E-state index contributed by atoms with van der Waals surface area (Å²) in [5, 5.41) is 17.9. The van der Waals surface area contributed by atoms with E-state index < -0.39 is 10.1 Å². The molecular weight excluding hydrogens is 504 g/mol. The van der Waals surface area contributed by atoms with Gasteiger partial charge in [0.2, 0.25) is 0 Å². The van der Waals surface area contributed by atoms with Crippen LogP contribution < -0.4 is 15.5 Å². The standard InChI is InChI=1S/C27H26N6O4S/c34-38(35,36)27-21(12-11-20-7-3-1-4-8-20)19-23(29-22-9-5-2-6-10-22)26(33-15-17-37-18-16-33)25(27)30-24-13-14-28-32-31-24/h1-14,19,29H,15-18H2,(H,28,30,31)(H,34,35,36). The van der Waals surface area contributed by atoms with Crippen LogP contribution in [0.15, 0.2) is 83.9 Å². The fourth-order valence-electron chi connectivity index (χ4n) is 4.27. The average molecular weight is 531 g/mol. The summed E-state index contributed by atoms with van der Waals surface area (Å²) in [4.78, 5) is 1.74. The molecule has 194 valence electrons. The molecule has 10 nitrogen and oxygen atoms in total. The van der Waals surface area contributed by atoms with E-state index in [2.05, 4.69) is 26.0 Å². The van der Waals surface area contributed by atoms with E-state index in [4.69, 9.17) is 4.74 Å². The van der Waals surface area contributed by atoms with Crippen LogP contribution in [0.2, 0.25) is 0 Å². The zero-order valence-corrected chi connectivity index (χ0v) is 21.2. The number of anilines is 5. The van der Waals surface area contributed by atoms with Gasteiger partial charge in [0.05, 0.1) is 36.5 Å². The van der Waals surface area contributed by atoms with Crippen molar-refractivity contribution in [3.05, 3.63) is 90.1 Å². The Kier molecular flexibility index (Phi) is 7.59. The molecule has 0 bridgehead atoms. The van der Waals surface area contributed by atoms with Crippen molar-refractivity contribution in [2.24, 2.45) is 0 Å². The molecule has 0 saturated carbocycles. The van der Waals surface area contributed by atoms with E-state index in [9.17, 15) is 13.0 Å². The fourth-order valence-corrected chi connectivity index (χ4v) is 5.10. The predicted octanol–water partition coefficient (Wildman–Crippen LogP) is 4.61. The quantitative estimate of drug-likeness (QED) is 0.219. The highest BCUT2D eigenvalue weighted by atomic mass is 32.2. The van der Waals surface area contributed by atoms with Crippen molar-refractivity contribution < 1.29 is 17.7 Å². The fraction of sp³-hybridized carbons (Fsp3) is 0.148. The Labute approximate surface area is 220 Å². The summed E-state index contributed by atoms with van der Waals surface area (Å²) < 4.78 is 42.0. The Hall–Kier alpha value is -4.32. The van der Waals surface area contributed by atoms with Crippen LogP contribution in [0.25, 0.3) is 12.2 Å². The molecule has 1 aliphatic heterocycles. The molecule has 0 atom stereocenters. The topological polar surface area (TPSA) is 130 Å². The molecule has 38 heavy (non-hydrogen) atoms. The van der Waals surface area contributed by atoms with Crippen molar-refractivity contribution in [3.63, 3.8) is 0 Å². The first kappa shape index (κ1) is 25.3. The molecule has 0 aliphatic carbocycles. The van der Waals surface area contributed by atoms with Crippen LogP contribution in [0, 0.1) is 0 Å². The monoisotopic (exact) mass is 530 g/mol. The largest absolute Gasteiger partial charge is 0.378 e. The van der Waals surface area contributed by atoms with Gasteiger partial charge in [-0.1, -0.05) is 60.7 Å². The number of nitrogens with zero attached hydrogens (tertiary/aromatic N) is 4. The first-order valence-corrected chi connectivity index (χ1v) is 13.4. The van der Waals surface area contributed by atoms with Gasteiger partial charge < -0.3 is 20.3 Å². The highest BCUT2D eigenvalue weighted by Crippen LogP contribution is 2.44. The summed E-state index contributed by atoms with van der Waals surface area (Å²) in [5.74, 6) is 0.272. The Morgan fingerprint density at radius 1 is 0.921 bits per heavy atom. The molecule has 0 radical (unpaired) electrons. The number of aromatic nitrogens is 3. The Bertz CT molecular complexity index is 1510. The molecule has 3 aromatic carbocycles. The molecule has 1 aromatic heterocycles. The van der Waals surface area contributed by atoms with Crippen molar-refractivity contribution in [1.29, 1.82) is 0 Å². The molecule has 1 aliphatic rings. The lowest BCUT2D eigenvalue weighted by Gasteiger charge is -2.33. The minimum absolute atomic E-state index is 0.170. The molecule has 0 spiro atoms. The molecule has 0 amide bonds. The van der Waals surface area contributed by atoms with Crippen molar-refractivity contribution in [3.8, 4) is 0 Å². The molecular formula is C27H26N6O4S. The van der Waals surface area contributed by atoms with E-state index in [-0.39, 0.29) is 22.0 Å². The maximum absolute atomic E-state index is 13.0. The van der Waals surface area contributed by atoms with Crippen molar-refractivity contribution >= 4 is 50.8 Å². The molecule has 1 saturated heterocycles. The number of rotatable bonds is 8. The lowest BCUT2D eigenvalue weighted by atomic mass is 10.1. The smallest absolute Gasteiger partial charge is 0.297 e. The van der Waals surface area contributed by atoms with E-state index in [0.717, 1.165) is 11.3 Å². The zero-order chi connectivity index (χ0) is 26.4. The van der Waals surface area contributed by atoms with Crippen LogP contribution in [-0.4, -0.2) is 54.7 Å². The summed E-state index contributed by atoms with van der Waals surface area (Å²) in [6.07, 6.45) is 4.90. The summed E-state index contributed by atoms with van der Waals surface area (Å²) in [7, 11) is -4.70. The summed E-state index contributed by atoms with van der Waals surface area (Å²) in [6, 6.07) is 22.4. The second-order valence-electron chi connectivity index (χ2n) is 8.51. The zero-order valence-electron chi connectivity index (χ0n) is 20.4. The maximum Gasteiger partial charge on any atom is 0.297 e. The Morgan fingerprint density at radius 2 is 1.63 bits per heavy atom. The summed E-state index contributed by atoms with van der Waals surface area (Å²) in [6.45, 7) is 1.97. The van der Waals surface area contributed by atoms with Crippen LogP contribution in [0.5, 0.6) is 0 Å². The molecule has 2 heterocycles. The third-order valence-electron chi connectivity index (χ3n) is 5.93. The predicted molar refractivity (Wildman–Crippen MR) is 147 cm³/mol. The molecule has 5 rings (SSSR count). The van der Waals surface area contributed by atoms with Gasteiger partial charge in [-0.25, -0.2) is 0 Å². The average Bonchev–Trinajstić information content (AvgIpc) is 2.93. The normalized spacial score (nSPS) is 14.0. The van der Waals surface area contributed by atoms with Crippen molar-refractivity contribution in [2.45, 2.75) is 4.90 Å². The van der Waals surface area contributed by atoms with Crippen LogP contribution in [0.3, 0.4) is 0 Å². The van der Waals surface area contributed by atoms with Crippen molar-refractivity contribution in [1.82, 2.24) is 15.4 Å². The number of ether oxygens (including phenoxy) is 1. The van der Waals surface area contributed by atoms with Crippen LogP contribution in [0.1, 0.15) is 11.1 Å². The Morgan fingerprint density at radius 3 is 2.29 bits per heavy atom. The van der Waals surface area contributed by atoms with Gasteiger partial charge >= 0.3 is 0 Å². The second-order valence-corrected chi connectivity index (χ2v) is 9.86. The van der Waals surface area contributed by atoms with Crippen LogP contribution in [-0.2, 0) is 14.9 Å². The highest BCUT2D eigenvalue weighted by molar-refractivity contribution is 7.86. The van der Waals surface area contributed by atoms with E-state index in [1.807, 2.05) is 65.6 Å². The summed E-state index contributed by atoms with van der Waals surface area (Å²) in [5.41, 5.74) is 3.34. The van der Waals surface area contributed by atoms with Gasteiger partial charge in [-0.2, -0.15) is 8.42 Å². The van der Waals surface area contributed by atoms with Crippen LogP contribution >= 0.6 is 0 Å². The number of hydrogen-bond acceptors (Lipinski definition) is 9. The minimum Gasteiger partial charge on any atom is -0.378 e. The maximum atomic E-state index is 13.0. The van der Waals surface area contributed by atoms with E-state index in [0.29, 0.717) is 37.7 Å². The van der Waals surface area contributed by atoms with Crippen molar-refractivity contribution in [2.75, 3.05) is 41.8 Å². The van der Waals surface area contributed by atoms with Gasteiger partial charge in [-0.05, 0) is 34.5 Å². The highest BCUT2D eigenvalue weighted by Gasteiger charge is 2.29. The number of benzene rings is 3. The third-order valence-corrected chi connectivity index (χ3v) is 6.89. The van der Waals surface area contributed by atoms with E-state index in [1.54, 1.807) is 24.3 Å². The first-order chi connectivity index (χ1) is 18.5. The first-order valence-electron chi connectivity index (χ1n) is 12.0. The van der Waals surface area contributed by atoms with Gasteiger partial charge in [0, 0.05) is 24.8 Å². The summed E-state index contributed by atoms with van der Waals surface area (Å²) >= 11 is 0. The van der Waals surface area contributed by atoms with E-state index in [1.165, 1.54) is 6.20 Å². The number of morpholine rings is 1. The lowest BCUT2D eigenvalue weighted by molar-refractivity contribution is 0.123. The van der Waals surface area contributed by atoms with Gasteiger partial charge in [-0.3, -0.25) is 4.55 Å². The SMILES string of the molecule is O=S(=O)(O)c1c(C=Cc2ccccc2)cc(Nc2ccccc2)c(N2CCOCC2)c1Nc1ccnnn1. The third kappa shape index (κ3) is 5.97. The van der Waals surface area contributed by atoms with Gasteiger partial charge in [-0.15, -0.1) is 10.2 Å². The number of hydrogen-bond donors (Lipinski definition) is 3. The van der Waals surface area contributed by atoms with Gasteiger partial charge in [0.1, 0.15) is 4.90 Å². The number of para-hydroxylation sites is 1. The molecule has 11 heteroatoms. The minimum atomic E-state index is -4.70. The van der Waals surface area contributed by atoms with Crippen LogP contribution in [0.4, 0.5) is 28.6 Å². The molecule has 3 N–H and O–H groups in total. The molecule has 1 fully saturated rings. The van der Waals surface area contributed by atoms with Gasteiger partial charge in [0.15, 0.2) is 5.82 Å². The van der Waals surface area contributed by atoms with Gasteiger partial charge in [0.25, 0.3) is 10.1 Å².